The minimum Gasteiger partial charge on any atom is -0.481 e. The monoisotopic (exact) mass is 215 g/mol. The molecular formula is C11H21NO3. The van der Waals surface area contributed by atoms with Crippen molar-refractivity contribution < 1.29 is 14.7 Å². The van der Waals surface area contributed by atoms with Gasteiger partial charge in [0.25, 0.3) is 0 Å². The van der Waals surface area contributed by atoms with Crippen LogP contribution in [0.4, 0.5) is 0 Å². The summed E-state index contributed by atoms with van der Waals surface area (Å²) in [7, 11) is 0. The maximum atomic E-state index is 11.4. The lowest BCUT2D eigenvalue weighted by molar-refractivity contribution is -0.137. The van der Waals surface area contributed by atoms with Gasteiger partial charge in [-0.3, -0.25) is 9.59 Å². The van der Waals surface area contributed by atoms with Crippen molar-refractivity contribution in [2.75, 3.05) is 0 Å². The third-order valence-electron chi connectivity index (χ3n) is 2.20. The molecule has 0 unspecified atom stereocenters. The average Bonchev–Trinajstić information content (AvgIpc) is 2.11. The number of carbonyl (C=O) groups is 2. The molecule has 0 atom stereocenters. The van der Waals surface area contributed by atoms with Crippen LogP contribution in [-0.4, -0.2) is 22.5 Å². The molecule has 0 aromatic heterocycles. The second-order valence-electron chi connectivity index (χ2n) is 4.43. The van der Waals surface area contributed by atoms with E-state index in [-0.39, 0.29) is 12.3 Å². The molecular weight excluding hydrogens is 194 g/mol. The van der Waals surface area contributed by atoms with Crippen molar-refractivity contribution in [2.45, 2.75) is 58.4 Å². The average molecular weight is 215 g/mol. The summed E-state index contributed by atoms with van der Waals surface area (Å²) in [6, 6.07) is 0. The van der Waals surface area contributed by atoms with E-state index in [4.69, 9.17) is 5.11 Å². The second-order valence-corrected chi connectivity index (χ2v) is 4.43. The maximum absolute atomic E-state index is 11.4. The molecule has 1 amide bonds. The Labute approximate surface area is 91.1 Å². The van der Waals surface area contributed by atoms with Crippen LogP contribution in [0.3, 0.4) is 0 Å². The Morgan fingerprint density at radius 1 is 1.27 bits per heavy atom. The molecule has 0 radical (unpaired) electrons. The van der Waals surface area contributed by atoms with Gasteiger partial charge < -0.3 is 10.4 Å². The van der Waals surface area contributed by atoms with E-state index in [1.54, 1.807) is 0 Å². The quantitative estimate of drug-likeness (QED) is 0.682. The van der Waals surface area contributed by atoms with E-state index in [0.717, 1.165) is 12.8 Å². The minimum atomic E-state index is -0.828. The number of aliphatic carboxylic acids is 1. The molecule has 0 spiro atoms. The molecule has 2 N–H and O–H groups in total. The van der Waals surface area contributed by atoms with Gasteiger partial charge in [0.1, 0.15) is 0 Å². The van der Waals surface area contributed by atoms with Gasteiger partial charge in [-0.25, -0.2) is 0 Å². The summed E-state index contributed by atoms with van der Waals surface area (Å²) >= 11 is 0. The van der Waals surface area contributed by atoms with Crippen LogP contribution in [0.5, 0.6) is 0 Å². The summed E-state index contributed by atoms with van der Waals surface area (Å²) in [6.45, 7) is 5.72. The highest BCUT2D eigenvalue weighted by atomic mass is 16.4. The number of hydrogen-bond acceptors (Lipinski definition) is 2. The summed E-state index contributed by atoms with van der Waals surface area (Å²) in [5.41, 5.74) is -0.427. The molecule has 0 bridgehead atoms. The fourth-order valence-corrected chi connectivity index (χ4v) is 1.26. The van der Waals surface area contributed by atoms with Crippen molar-refractivity contribution in [1.29, 1.82) is 0 Å². The van der Waals surface area contributed by atoms with Crippen molar-refractivity contribution in [1.82, 2.24) is 5.32 Å². The molecule has 0 saturated carbocycles. The van der Waals surface area contributed by atoms with E-state index in [9.17, 15) is 9.59 Å². The number of carboxylic acids is 1. The SMILES string of the molecule is CCCCC(=O)NC(C)(C)CCC(=O)O. The Hall–Kier alpha value is -1.06. The molecule has 0 aliphatic rings. The fraction of sp³-hybridized carbons (Fsp3) is 0.818. The molecule has 0 aliphatic carbocycles. The Balaban J connectivity index is 3.90. The summed E-state index contributed by atoms with van der Waals surface area (Å²) in [5, 5.41) is 11.4. The first kappa shape index (κ1) is 13.9. The number of amides is 1. The van der Waals surface area contributed by atoms with Gasteiger partial charge in [0, 0.05) is 18.4 Å². The zero-order chi connectivity index (χ0) is 11.9. The normalized spacial score (nSPS) is 11.1. The van der Waals surface area contributed by atoms with Gasteiger partial charge in [0.15, 0.2) is 0 Å². The topological polar surface area (TPSA) is 66.4 Å². The van der Waals surface area contributed by atoms with Crippen LogP contribution in [0, 0.1) is 0 Å². The Kier molecular flexibility index (Phi) is 5.97. The van der Waals surface area contributed by atoms with Gasteiger partial charge in [0.2, 0.25) is 5.91 Å². The first-order valence-corrected chi connectivity index (χ1v) is 5.40. The summed E-state index contributed by atoms with van der Waals surface area (Å²) in [4.78, 5) is 21.8. The number of rotatable bonds is 7. The van der Waals surface area contributed by atoms with E-state index in [2.05, 4.69) is 5.32 Å². The molecule has 88 valence electrons. The molecule has 4 heteroatoms. The van der Waals surface area contributed by atoms with Gasteiger partial charge >= 0.3 is 5.97 Å². The maximum Gasteiger partial charge on any atom is 0.303 e. The molecule has 0 aromatic carbocycles. The highest BCUT2D eigenvalue weighted by molar-refractivity contribution is 5.76. The van der Waals surface area contributed by atoms with Crippen LogP contribution >= 0.6 is 0 Å². The molecule has 0 aromatic rings. The van der Waals surface area contributed by atoms with E-state index >= 15 is 0 Å². The Morgan fingerprint density at radius 2 is 1.87 bits per heavy atom. The van der Waals surface area contributed by atoms with Gasteiger partial charge in [-0.15, -0.1) is 0 Å². The van der Waals surface area contributed by atoms with E-state index < -0.39 is 11.5 Å². The minimum absolute atomic E-state index is 0.00670. The van der Waals surface area contributed by atoms with Crippen LogP contribution in [-0.2, 0) is 9.59 Å². The lowest BCUT2D eigenvalue weighted by atomic mass is 9.98. The van der Waals surface area contributed by atoms with E-state index in [1.807, 2.05) is 20.8 Å². The molecule has 0 aliphatic heterocycles. The van der Waals surface area contributed by atoms with Crippen LogP contribution in [0.15, 0.2) is 0 Å². The number of unbranched alkanes of at least 4 members (excludes halogenated alkanes) is 1. The lowest BCUT2D eigenvalue weighted by Crippen LogP contribution is -2.43. The molecule has 0 fully saturated rings. The highest BCUT2D eigenvalue weighted by Crippen LogP contribution is 2.11. The number of carboxylic acid groups (broad SMARTS) is 1. The standard InChI is InChI=1S/C11H21NO3/c1-4-5-6-9(13)12-11(2,3)8-7-10(14)15/h4-8H2,1-3H3,(H,12,13)(H,14,15). The number of hydrogen-bond donors (Lipinski definition) is 2. The zero-order valence-corrected chi connectivity index (χ0v) is 9.80. The van der Waals surface area contributed by atoms with E-state index in [1.165, 1.54) is 0 Å². The number of nitrogens with one attached hydrogen (secondary N) is 1. The van der Waals surface area contributed by atoms with Gasteiger partial charge in [-0.2, -0.15) is 0 Å². The highest BCUT2D eigenvalue weighted by Gasteiger charge is 2.20. The third-order valence-corrected chi connectivity index (χ3v) is 2.20. The van der Waals surface area contributed by atoms with Crippen molar-refractivity contribution >= 4 is 11.9 Å². The Bertz CT molecular complexity index is 224. The smallest absolute Gasteiger partial charge is 0.303 e. The second kappa shape index (κ2) is 6.43. The van der Waals surface area contributed by atoms with Crippen LogP contribution in [0.1, 0.15) is 52.9 Å². The van der Waals surface area contributed by atoms with Gasteiger partial charge in [0.05, 0.1) is 0 Å². The fourth-order valence-electron chi connectivity index (χ4n) is 1.26. The lowest BCUT2D eigenvalue weighted by Gasteiger charge is -2.25. The summed E-state index contributed by atoms with van der Waals surface area (Å²) < 4.78 is 0. The van der Waals surface area contributed by atoms with Crippen molar-refractivity contribution in [2.24, 2.45) is 0 Å². The van der Waals surface area contributed by atoms with Crippen molar-refractivity contribution in [3.8, 4) is 0 Å². The predicted molar refractivity (Wildman–Crippen MR) is 58.6 cm³/mol. The Morgan fingerprint density at radius 3 is 2.33 bits per heavy atom. The molecule has 0 heterocycles. The summed E-state index contributed by atoms with van der Waals surface area (Å²) in [5.74, 6) is -0.821. The first-order chi connectivity index (χ1) is 6.87. The van der Waals surface area contributed by atoms with Crippen molar-refractivity contribution in [3.05, 3.63) is 0 Å². The van der Waals surface area contributed by atoms with E-state index in [0.29, 0.717) is 12.8 Å². The van der Waals surface area contributed by atoms with Gasteiger partial charge in [-0.1, -0.05) is 13.3 Å². The summed E-state index contributed by atoms with van der Waals surface area (Å²) in [6.07, 6.45) is 2.93. The van der Waals surface area contributed by atoms with Gasteiger partial charge in [-0.05, 0) is 26.7 Å². The third kappa shape index (κ3) is 7.97. The molecule has 0 saturated heterocycles. The van der Waals surface area contributed by atoms with Crippen LogP contribution in [0.25, 0.3) is 0 Å². The molecule has 0 rings (SSSR count). The predicted octanol–water partition coefficient (Wildman–Crippen LogP) is 1.94. The van der Waals surface area contributed by atoms with Crippen molar-refractivity contribution in [3.63, 3.8) is 0 Å². The molecule has 4 nitrogen and oxygen atoms in total. The molecule has 15 heavy (non-hydrogen) atoms. The largest absolute Gasteiger partial charge is 0.481 e. The van der Waals surface area contributed by atoms with Crippen LogP contribution < -0.4 is 5.32 Å². The first-order valence-electron chi connectivity index (χ1n) is 5.40. The zero-order valence-electron chi connectivity index (χ0n) is 9.80. The number of carbonyl (C=O) groups excluding carboxylic acids is 1. The van der Waals surface area contributed by atoms with Crippen LogP contribution in [0.2, 0.25) is 0 Å².